The Kier molecular flexibility index (Phi) is 5.39. The zero-order chi connectivity index (χ0) is 25.3. The van der Waals surface area contributed by atoms with E-state index >= 15 is 0 Å². The third-order valence-corrected chi connectivity index (χ3v) is 9.15. The summed E-state index contributed by atoms with van der Waals surface area (Å²) in [6.07, 6.45) is 1.61. The van der Waals surface area contributed by atoms with Gasteiger partial charge in [-0.1, -0.05) is 24.3 Å². The Labute approximate surface area is 218 Å². The van der Waals surface area contributed by atoms with Crippen LogP contribution in [0.25, 0.3) is 27.5 Å². The number of Topliss-reactive ketones (excluding diaryl/α,β-unsaturated/α-hetero) is 1. The van der Waals surface area contributed by atoms with Gasteiger partial charge in [-0.05, 0) is 86.7 Å². The smallest absolute Gasteiger partial charge is 0.204 e. The molecule has 2 aliphatic rings. The molecular weight excluding hydrogens is 484 g/mol. The van der Waals surface area contributed by atoms with Crippen molar-refractivity contribution in [2.45, 2.75) is 47.1 Å². The van der Waals surface area contributed by atoms with Gasteiger partial charge in [-0.2, -0.15) is 0 Å². The number of ketones is 2. The van der Waals surface area contributed by atoms with Crippen molar-refractivity contribution in [2.24, 2.45) is 0 Å². The van der Waals surface area contributed by atoms with Crippen molar-refractivity contribution in [3.63, 3.8) is 0 Å². The average molecular weight is 511 g/mol. The van der Waals surface area contributed by atoms with Crippen LogP contribution in [0.4, 0.5) is 0 Å². The first-order valence-corrected chi connectivity index (χ1v) is 13.7. The maximum absolute atomic E-state index is 14.0. The predicted octanol–water partition coefficient (Wildman–Crippen LogP) is 8.13. The summed E-state index contributed by atoms with van der Waals surface area (Å²) in [7, 11) is 0. The van der Waals surface area contributed by atoms with Gasteiger partial charge in [0.25, 0.3) is 0 Å². The third kappa shape index (κ3) is 3.53. The summed E-state index contributed by atoms with van der Waals surface area (Å²) in [6, 6.07) is 14.0. The number of carbonyl (C=O) groups excluding carboxylic acids is 2. The fourth-order valence-electron chi connectivity index (χ4n) is 5.66. The Hall–Kier alpha value is -3.28. The lowest BCUT2D eigenvalue weighted by molar-refractivity contribution is -0.119. The normalized spacial score (nSPS) is 17.4. The van der Waals surface area contributed by atoms with Crippen LogP contribution in [-0.4, -0.2) is 17.7 Å². The number of rotatable bonds is 4. The monoisotopic (exact) mass is 510 g/mol. The molecule has 180 valence electrons. The first-order valence-electron chi connectivity index (χ1n) is 12.1. The van der Waals surface area contributed by atoms with Crippen LogP contribution >= 0.6 is 22.7 Å². The summed E-state index contributed by atoms with van der Waals surface area (Å²) in [6.45, 7) is 10.4. The van der Waals surface area contributed by atoms with E-state index in [4.69, 9.17) is 4.74 Å². The van der Waals surface area contributed by atoms with E-state index in [2.05, 4.69) is 39.8 Å². The Morgan fingerprint density at radius 3 is 2.17 bits per heavy atom. The lowest BCUT2D eigenvalue weighted by Crippen LogP contribution is -2.23. The zero-order valence-electron chi connectivity index (χ0n) is 20.9. The molecule has 0 fully saturated rings. The summed E-state index contributed by atoms with van der Waals surface area (Å²) in [5.41, 5.74) is 6.71. The number of ether oxygens (including phenoxy) is 1. The van der Waals surface area contributed by atoms with Gasteiger partial charge in [-0.3, -0.25) is 9.59 Å². The van der Waals surface area contributed by atoms with Crippen LogP contribution < -0.4 is 4.74 Å². The first-order chi connectivity index (χ1) is 17.2. The number of benzene rings is 2. The Bertz CT molecular complexity index is 1680. The minimum atomic E-state index is -0.609. The minimum absolute atomic E-state index is 0.0116. The molecule has 2 heterocycles. The average Bonchev–Trinajstić information content (AvgIpc) is 3.45. The fraction of sp³-hybridized carbons (Fsp3) is 0.226. The molecule has 5 heteroatoms. The minimum Gasteiger partial charge on any atom is -0.481 e. The van der Waals surface area contributed by atoms with Crippen molar-refractivity contribution in [3.05, 3.63) is 90.3 Å². The van der Waals surface area contributed by atoms with Crippen LogP contribution in [0.3, 0.4) is 0 Å². The van der Waals surface area contributed by atoms with Gasteiger partial charge in [0.1, 0.15) is 5.75 Å². The molecule has 2 aromatic carbocycles. The first kappa shape index (κ1) is 23.1. The van der Waals surface area contributed by atoms with E-state index in [1.165, 1.54) is 14.6 Å². The Balaban J connectivity index is 1.45. The molecule has 0 spiro atoms. The summed E-state index contributed by atoms with van der Waals surface area (Å²) < 4.78 is 6.53. The van der Waals surface area contributed by atoms with Crippen molar-refractivity contribution >= 4 is 61.7 Å². The van der Waals surface area contributed by atoms with E-state index in [0.717, 1.165) is 49.1 Å². The summed E-state index contributed by atoms with van der Waals surface area (Å²) >= 11 is 3.49. The number of hydrogen-bond donors (Lipinski definition) is 0. The van der Waals surface area contributed by atoms with Gasteiger partial charge < -0.3 is 4.74 Å². The second-order valence-electron chi connectivity index (χ2n) is 9.71. The van der Waals surface area contributed by atoms with Crippen LogP contribution in [0, 0.1) is 27.7 Å². The van der Waals surface area contributed by atoms with Gasteiger partial charge in [0.05, 0.1) is 0 Å². The summed E-state index contributed by atoms with van der Waals surface area (Å²) in [5, 5.41) is 1.78. The number of carbonyl (C=O) groups is 2. The molecule has 0 radical (unpaired) electrons. The highest BCUT2D eigenvalue weighted by molar-refractivity contribution is 7.12. The zero-order valence-corrected chi connectivity index (χ0v) is 22.6. The summed E-state index contributed by atoms with van der Waals surface area (Å²) in [5.74, 6) is 0.688. The molecule has 0 saturated heterocycles. The van der Waals surface area contributed by atoms with Crippen LogP contribution in [0.1, 0.15) is 59.9 Å². The maximum atomic E-state index is 14.0. The molecule has 6 rings (SSSR count). The van der Waals surface area contributed by atoms with Crippen molar-refractivity contribution in [3.8, 4) is 5.75 Å². The van der Waals surface area contributed by atoms with Crippen molar-refractivity contribution < 1.29 is 14.3 Å². The van der Waals surface area contributed by atoms with E-state index in [-0.39, 0.29) is 11.6 Å². The van der Waals surface area contributed by atoms with Gasteiger partial charge >= 0.3 is 0 Å². The van der Waals surface area contributed by atoms with Gasteiger partial charge in [-0.25, -0.2) is 0 Å². The Morgan fingerprint density at radius 2 is 1.50 bits per heavy atom. The topological polar surface area (TPSA) is 43.4 Å². The second kappa shape index (κ2) is 8.39. The van der Waals surface area contributed by atoms with Crippen LogP contribution in [0.2, 0.25) is 0 Å². The van der Waals surface area contributed by atoms with E-state index in [9.17, 15) is 9.59 Å². The SMILES string of the molecule is CC1=CC(=O)c2cccc3c(OC4CC(c5cc(C)sc5C)=C(c5cc(C)sc5C)C4=O)ccc1c23. The van der Waals surface area contributed by atoms with Gasteiger partial charge in [0.2, 0.25) is 5.78 Å². The lowest BCUT2D eigenvalue weighted by Gasteiger charge is -2.20. The number of allylic oxidation sites excluding steroid dienone is 2. The van der Waals surface area contributed by atoms with Gasteiger partial charge in [-0.15, -0.1) is 22.7 Å². The molecule has 0 amide bonds. The van der Waals surface area contributed by atoms with E-state index in [1.807, 2.05) is 37.3 Å². The standard InChI is InChI=1S/C31H26O3S2/c1-15-11-26(32)21-7-6-8-22-27(10-9-20(15)29(21)22)34-28-14-25(23-12-16(2)35-18(23)4)30(31(28)33)24-13-17(3)36-19(24)5/h6-13,28H,14H2,1-5H3. The quantitative estimate of drug-likeness (QED) is 0.278. The molecule has 0 bridgehead atoms. The van der Waals surface area contributed by atoms with E-state index < -0.39 is 6.10 Å². The largest absolute Gasteiger partial charge is 0.481 e. The molecule has 1 atom stereocenters. The molecule has 2 aliphatic carbocycles. The van der Waals surface area contributed by atoms with Crippen molar-refractivity contribution in [1.82, 2.24) is 0 Å². The molecular formula is C31H26O3S2. The second-order valence-corrected chi connectivity index (χ2v) is 12.6. The maximum Gasteiger partial charge on any atom is 0.204 e. The molecule has 0 aliphatic heterocycles. The van der Waals surface area contributed by atoms with Crippen LogP contribution in [0.15, 0.2) is 48.5 Å². The van der Waals surface area contributed by atoms with Crippen LogP contribution in [0.5, 0.6) is 5.75 Å². The van der Waals surface area contributed by atoms with Crippen LogP contribution in [-0.2, 0) is 4.79 Å². The molecule has 3 nitrogen and oxygen atoms in total. The molecule has 1 unspecified atom stereocenters. The van der Waals surface area contributed by atoms with E-state index in [1.54, 1.807) is 28.7 Å². The molecule has 2 aromatic heterocycles. The number of hydrogen-bond acceptors (Lipinski definition) is 5. The molecule has 4 aromatic rings. The highest BCUT2D eigenvalue weighted by Crippen LogP contribution is 2.45. The summed E-state index contributed by atoms with van der Waals surface area (Å²) in [4.78, 5) is 31.5. The number of thiophene rings is 2. The third-order valence-electron chi connectivity index (χ3n) is 7.21. The number of aryl methyl sites for hydroxylation is 4. The van der Waals surface area contributed by atoms with Crippen molar-refractivity contribution in [1.29, 1.82) is 0 Å². The predicted molar refractivity (Wildman–Crippen MR) is 150 cm³/mol. The van der Waals surface area contributed by atoms with Crippen molar-refractivity contribution in [2.75, 3.05) is 0 Å². The van der Waals surface area contributed by atoms with Gasteiger partial charge in [0.15, 0.2) is 11.9 Å². The fourth-order valence-corrected chi connectivity index (χ4v) is 7.54. The van der Waals surface area contributed by atoms with Gasteiger partial charge in [0, 0.05) is 47.8 Å². The lowest BCUT2D eigenvalue weighted by atomic mass is 9.88. The highest BCUT2D eigenvalue weighted by Gasteiger charge is 2.38. The molecule has 0 N–H and O–H groups in total. The highest BCUT2D eigenvalue weighted by atomic mass is 32.1. The molecule has 36 heavy (non-hydrogen) atoms. The Morgan fingerprint density at radius 1 is 0.806 bits per heavy atom. The van der Waals surface area contributed by atoms with E-state index in [0.29, 0.717) is 17.7 Å². The molecule has 0 saturated carbocycles.